The molecule has 0 saturated heterocycles. The van der Waals surface area contributed by atoms with Crippen molar-refractivity contribution in [3.8, 4) is 0 Å². The van der Waals surface area contributed by atoms with Gasteiger partial charge in [0.15, 0.2) is 0 Å². The first kappa shape index (κ1) is 20.9. The van der Waals surface area contributed by atoms with Crippen LogP contribution in [0.2, 0.25) is 0 Å². The number of halogens is 1. The van der Waals surface area contributed by atoms with E-state index in [2.05, 4.69) is 42.2 Å². The molecule has 7 nitrogen and oxygen atoms in total. The van der Waals surface area contributed by atoms with Gasteiger partial charge in [-0.1, -0.05) is 48.0 Å². The zero-order valence-corrected chi connectivity index (χ0v) is 17.7. The second kappa shape index (κ2) is 9.65. The Morgan fingerprint density at radius 3 is 2.28 bits per heavy atom. The van der Waals surface area contributed by atoms with E-state index in [0.717, 1.165) is 16.9 Å². The number of hydrazone groups is 1. The molecule has 0 saturated carbocycles. The van der Waals surface area contributed by atoms with Crippen LogP contribution in [0.25, 0.3) is 0 Å². The summed E-state index contributed by atoms with van der Waals surface area (Å²) in [5, 5.41) is 10.5. The number of hydrogen-bond acceptors (Lipinski definition) is 7. The third kappa shape index (κ3) is 5.63. The van der Waals surface area contributed by atoms with Gasteiger partial charge in [-0.15, -0.1) is 0 Å². The molecular weight excluding hydrogens is 405 g/mol. The molecular formula is C24H22FN7. The minimum atomic E-state index is -0.330. The summed E-state index contributed by atoms with van der Waals surface area (Å²) in [4.78, 5) is 13.3. The second-order valence-electron chi connectivity index (χ2n) is 7.17. The van der Waals surface area contributed by atoms with Crippen molar-refractivity contribution in [3.63, 3.8) is 0 Å². The van der Waals surface area contributed by atoms with E-state index in [4.69, 9.17) is 0 Å². The third-order valence-corrected chi connectivity index (χ3v) is 4.52. The van der Waals surface area contributed by atoms with Crippen LogP contribution in [0.5, 0.6) is 0 Å². The molecule has 4 aromatic rings. The highest BCUT2D eigenvalue weighted by Crippen LogP contribution is 2.22. The smallest absolute Gasteiger partial charge is 0.250 e. The van der Waals surface area contributed by atoms with Crippen LogP contribution < -0.4 is 16.1 Å². The van der Waals surface area contributed by atoms with E-state index in [1.807, 2.05) is 56.3 Å². The monoisotopic (exact) mass is 427 g/mol. The highest BCUT2D eigenvalue weighted by atomic mass is 19.1. The number of aryl methyl sites for hydroxylation is 2. The summed E-state index contributed by atoms with van der Waals surface area (Å²) in [6.45, 7) is 4.06. The van der Waals surface area contributed by atoms with E-state index in [1.54, 1.807) is 12.1 Å². The van der Waals surface area contributed by atoms with Crippen LogP contribution in [0.4, 0.5) is 33.6 Å². The standard InChI is InChI=1S/C24H22FN7/c1-16-11-12-21(17(2)13-16)28-23-29-22(27-20-9-4-3-5-10-20)30-24(31-23)32-26-15-18-7-6-8-19(25)14-18/h3-15H,1-2H3,(H3,27,28,29,30,31,32)/b26-15-. The van der Waals surface area contributed by atoms with Gasteiger partial charge in [0, 0.05) is 11.4 Å². The van der Waals surface area contributed by atoms with E-state index >= 15 is 0 Å². The Bertz CT molecular complexity index is 1240. The maximum Gasteiger partial charge on any atom is 0.250 e. The molecule has 0 fully saturated rings. The fraction of sp³-hybridized carbons (Fsp3) is 0.0833. The molecule has 4 rings (SSSR count). The molecule has 0 aliphatic heterocycles. The molecule has 0 radical (unpaired) electrons. The SMILES string of the molecule is Cc1ccc(Nc2nc(N/N=C\c3cccc(F)c3)nc(Nc3ccccc3)n2)c(C)c1. The van der Waals surface area contributed by atoms with Gasteiger partial charge in [0.2, 0.25) is 17.8 Å². The zero-order valence-electron chi connectivity index (χ0n) is 17.7. The van der Waals surface area contributed by atoms with Gasteiger partial charge in [0.05, 0.1) is 6.21 Å². The maximum atomic E-state index is 13.4. The van der Waals surface area contributed by atoms with Gasteiger partial charge in [0.1, 0.15) is 5.82 Å². The first-order valence-electron chi connectivity index (χ1n) is 10.0. The zero-order chi connectivity index (χ0) is 22.3. The van der Waals surface area contributed by atoms with Gasteiger partial charge in [-0.3, -0.25) is 0 Å². The number of hydrogen-bond donors (Lipinski definition) is 3. The highest BCUT2D eigenvalue weighted by molar-refractivity contribution is 5.80. The van der Waals surface area contributed by atoms with Crippen LogP contribution in [-0.2, 0) is 0 Å². The summed E-state index contributed by atoms with van der Waals surface area (Å²) >= 11 is 0. The average molecular weight is 427 g/mol. The number of anilines is 5. The van der Waals surface area contributed by atoms with Crippen LogP contribution in [0.1, 0.15) is 16.7 Å². The summed E-state index contributed by atoms with van der Waals surface area (Å²) in [6, 6.07) is 21.8. The lowest BCUT2D eigenvalue weighted by Gasteiger charge is -2.12. The molecule has 0 amide bonds. The van der Waals surface area contributed by atoms with Crippen molar-refractivity contribution in [1.29, 1.82) is 0 Å². The number of nitrogens with zero attached hydrogens (tertiary/aromatic N) is 4. The first-order valence-corrected chi connectivity index (χ1v) is 10.0. The lowest BCUT2D eigenvalue weighted by atomic mass is 10.1. The van der Waals surface area contributed by atoms with Crippen molar-refractivity contribution in [2.24, 2.45) is 5.10 Å². The van der Waals surface area contributed by atoms with E-state index in [-0.39, 0.29) is 11.8 Å². The molecule has 1 aromatic heterocycles. The van der Waals surface area contributed by atoms with Crippen molar-refractivity contribution < 1.29 is 4.39 Å². The summed E-state index contributed by atoms with van der Waals surface area (Å²) in [5.41, 5.74) is 7.38. The fourth-order valence-corrected chi connectivity index (χ4v) is 3.01. The van der Waals surface area contributed by atoms with Crippen LogP contribution in [-0.4, -0.2) is 21.2 Å². The Morgan fingerprint density at radius 1 is 0.781 bits per heavy atom. The molecule has 3 aromatic carbocycles. The number of rotatable bonds is 7. The predicted molar refractivity (Wildman–Crippen MR) is 126 cm³/mol. The number of benzene rings is 3. The molecule has 0 spiro atoms. The molecule has 32 heavy (non-hydrogen) atoms. The van der Waals surface area contributed by atoms with E-state index in [0.29, 0.717) is 17.5 Å². The summed E-state index contributed by atoms with van der Waals surface area (Å²) < 4.78 is 13.4. The van der Waals surface area contributed by atoms with E-state index < -0.39 is 0 Å². The van der Waals surface area contributed by atoms with Crippen molar-refractivity contribution >= 4 is 35.4 Å². The minimum Gasteiger partial charge on any atom is -0.324 e. The molecule has 160 valence electrons. The first-order chi connectivity index (χ1) is 15.5. The molecule has 0 aliphatic carbocycles. The quantitative estimate of drug-likeness (QED) is 0.264. The van der Waals surface area contributed by atoms with Crippen molar-refractivity contribution in [1.82, 2.24) is 15.0 Å². The highest BCUT2D eigenvalue weighted by Gasteiger charge is 2.09. The van der Waals surface area contributed by atoms with Gasteiger partial charge < -0.3 is 10.6 Å². The normalized spacial score (nSPS) is 10.8. The summed E-state index contributed by atoms with van der Waals surface area (Å²) in [6.07, 6.45) is 1.49. The Morgan fingerprint density at radius 2 is 1.53 bits per heavy atom. The predicted octanol–water partition coefficient (Wildman–Crippen LogP) is 5.56. The second-order valence-corrected chi connectivity index (χ2v) is 7.17. The number of nitrogens with one attached hydrogen (secondary N) is 3. The van der Waals surface area contributed by atoms with Gasteiger partial charge in [-0.25, -0.2) is 9.82 Å². The van der Waals surface area contributed by atoms with Crippen LogP contribution in [0, 0.1) is 19.7 Å². The maximum absolute atomic E-state index is 13.4. The molecule has 3 N–H and O–H groups in total. The minimum absolute atomic E-state index is 0.235. The van der Waals surface area contributed by atoms with Gasteiger partial charge >= 0.3 is 0 Å². The largest absolute Gasteiger partial charge is 0.324 e. The van der Waals surface area contributed by atoms with Crippen molar-refractivity contribution in [2.45, 2.75) is 13.8 Å². The number of para-hydroxylation sites is 1. The lowest BCUT2D eigenvalue weighted by molar-refractivity contribution is 0.627. The molecule has 0 atom stereocenters. The van der Waals surface area contributed by atoms with E-state index in [1.165, 1.54) is 23.9 Å². The Hall–Kier alpha value is -4.33. The third-order valence-electron chi connectivity index (χ3n) is 4.52. The lowest BCUT2D eigenvalue weighted by Crippen LogP contribution is -2.07. The topological polar surface area (TPSA) is 87.1 Å². The van der Waals surface area contributed by atoms with Crippen LogP contribution in [0.15, 0.2) is 77.9 Å². The molecule has 8 heteroatoms. The Kier molecular flexibility index (Phi) is 6.31. The van der Waals surface area contributed by atoms with Gasteiger partial charge in [-0.05, 0) is 55.3 Å². The summed E-state index contributed by atoms with van der Waals surface area (Å²) in [5.74, 6) is 0.609. The van der Waals surface area contributed by atoms with E-state index in [9.17, 15) is 4.39 Å². The Labute approximate surface area is 185 Å². The van der Waals surface area contributed by atoms with Crippen LogP contribution >= 0.6 is 0 Å². The molecule has 0 aliphatic rings. The van der Waals surface area contributed by atoms with Gasteiger partial charge in [0.25, 0.3) is 0 Å². The molecule has 0 bridgehead atoms. The molecule has 1 heterocycles. The summed E-state index contributed by atoms with van der Waals surface area (Å²) in [7, 11) is 0. The van der Waals surface area contributed by atoms with Crippen LogP contribution in [0.3, 0.4) is 0 Å². The fourth-order valence-electron chi connectivity index (χ4n) is 3.01. The number of aromatic nitrogens is 3. The Balaban J connectivity index is 1.60. The average Bonchev–Trinajstić information content (AvgIpc) is 2.76. The van der Waals surface area contributed by atoms with Crippen molar-refractivity contribution in [3.05, 3.63) is 95.3 Å². The van der Waals surface area contributed by atoms with Crippen molar-refractivity contribution in [2.75, 3.05) is 16.1 Å². The van der Waals surface area contributed by atoms with Gasteiger partial charge in [-0.2, -0.15) is 20.1 Å². The molecule has 0 unspecified atom stereocenters.